The zero-order valence-electron chi connectivity index (χ0n) is 75.7. The number of fused-ring (bicyclic) bond motifs is 5. The predicted molar refractivity (Wildman–Crippen MR) is 480 cm³/mol. The number of hydrogen-bond acceptors (Lipinski definition) is 20. The van der Waals surface area contributed by atoms with E-state index in [1.165, 1.54) is 45.5 Å². The summed E-state index contributed by atoms with van der Waals surface area (Å²) in [5.74, 6) is -15.9. The van der Waals surface area contributed by atoms with Crippen LogP contribution in [0.15, 0.2) is 85.2 Å². The molecule has 0 spiro atoms. The number of halogens is 1. The molecule has 0 radical (unpaired) electrons. The number of nitrogens with one attached hydrogen (secondary N) is 9. The molecule has 130 heavy (non-hydrogen) atoms. The summed E-state index contributed by atoms with van der Waals surface area (Å²) >= 11 is 0. The highest BCUT2D eigenvalue weighted by Crippen LogP contribution is 2.31. The van der Waals surface area contributed by atoms with Gasteiger partial charge in [0.2, 0.25) is 82.7 Å². The molecule has 4 saturated heterocycles. The number of Topliss-reactive ketones (excluding diaryl/α,β-unsaturated/α-hetero) is 1. The number of piperidine rings is 1. The van der Waals surface area contributed by atoms with Gasteiger partial charge in [0.25, 0.3) is 0 Å². The third-order valence-electron chi connectivity index (χ3n) is 24.9. The Labute approximate surface area is 756 Å². The minimum atomic E-state index is -1.71. The van der Waals surface area contributed by atoms with E-state index >= 15 is 38.4 Å². The Balaban J connectivity index is 1.08. The lowest BCUT2D eigenvalue weighted by atomic mass is 9.90. The molecule has 4 aliphatic heterocycles. The van der Waals surface area contributed by atoms with Crippen LogP contribution in [-0.4, -0.2) is 277 Å². The van der Waals surface area contributed by atoms with E-state index < -0.39 is 223 Å². The summed E-state index contributed by atoms with van der Waals surface area (Å²) in [4.78, 5) is 245. The summed E-state index contributed by atoms with van der Waals surface area (Å²) in [6.45, 7) is 9.13. The molecule has 9 rings (SSSR count). The van der Waals surface area contributed by atoms with E-state index in [-0.39, 0.29) is 128 Å². The number of carboxylic acids is 1. The lowest BCUT2D eigenvalue weighted by molar-refractivity contribution is -0.149. The van der Waals surface area contributed by atoms with Gasteiger partial charge in [0.05, 0.1) is 24.6 Å². The number of aromatic nitrogens is 2. The molecule has 710 valence electrons. The number of carbonyl (C=O) groups excluding carboxylic acids is 15. The van der Waals surface area contributed by atoms with Gasteiger partial charge in [-0.25, -0.2) is 4.39 Å². The number of aliphatic hydroxyl groups is 1. The summed E-state index contributed by atoms with van der Waals surface area (Å²) in [6, 6.07) is 0.766. The first-order chi connectivity index (χ1) is 61.9. The van der Waals surface area contributed by atoms with Gasteiger partial charge in [-0.2, -0.15) is 0 Å². The van der Waals surface area contributed by atoms with Crippen LogP contribution < -0.4 is 65.5 Å². The van der Waals surface area contributed by atoms with Gasteiger partial charge in [0.15, 0.2) is 5.78 Å². The molecule has 15 atom stereocenters. The van der Waals surface area contributed by atoms with Crippen molar-refractivity contribution in [3.05, 3.63) is 108 Å². The van der Waals surface area contributed by atoms with E-state index in [0.29, 0.717) is 77.0 Å². The van der Waals surface area contributed by atoms with Crippen LogP contribution >= 0.6 is 0 Å². The maximum Gasteiger partial charge on any atom is 0.323 e. The number of likely N-dealkylation sites (N-methyl/N-ethyl adjacent to an activating group) is 2. The SMILES string of the molecule is CCCC[C@H]1C(=O)N(C)[C@@H](CCCC)C(=O)N[C@@H](CC(C)C)C(=O)NCCC[C@H](N)C(=O)N[C@@H](Cc2ccc(F)cc2)C(=O)N2CCCC[C@H]2C(=O)N[C@@H](CC(N)=O)C(=O)N2CCC[C@H]2C(=O)N[C@@H](CN)C(=O)N[C@@H](CC(C)C)C(=O)N2C[C@H](O)C[C@H]2C(=O)C[C@@H](Cc2c[nH]c3ccccc23)C(=O)N[C@@H](CCN)C(=O)N[C@@H](Cc2cn(CC(=O)O)c3ccccc23)C(=O)N1C. The molecule has 0 saturated carbocycles. The number of amides is 14. The molecule has 4 fully saturated rings. The molecular formula is C92H132FN19O18. The number of primary amides is 1. The number of unbranched alkanes of at least 4 members (excludes halogenated alkanes) is 2. The van der Waals surface area contributed by atoms with E-state index in [4.69, 9.17) is 22.9 Å². The zero-order chi connectivity index (χ0) is 94.9. The molecule has 37 nitrogen and oxygen atoms in total. The fourth-order valence-electron chi connectivity index (χ4n) is 17.9. The fourth-order valence-corrected chi connectivity index (χ4v) is 17.9. The summed E-state index contributed by atoms with van der Waals surface area (Å²) in [5.41, 5.74) is 27.4. The topological polar surface area (TPSA) is 551 Å². The second-order valence-corrected chi connectivity index (χ2v) is 35.7. The largest absolute Gasteiger partial charge is 0.480 e. The van der Waals surface area contributed by atoms with E-state index in [2.05, 4.69) is 47.5 Å². The molecule has 0 bridgehead atoms. The van der Waals surface area contributed by atoms with Gasteiger partial charge in [0.1, 0.15) is 78.8 Å². The van der Waals surface area contributed by atoms with E-state index in [1.54, 1.807) is 74.8 Å². The molecule has 14 amide bonds. The molecule has 5 aromatic rings. The first kappa shape index (κ1) is 102. The Kier molecular flexibility index (Phi) is 37.8. The van der Waals surface area contributed by atoms with Gasteiger partial charge in [-0.05, 0) is 143 Å². The Hall–Kier alpha value is -11.8. The molecule has 2 aromatic heterocycles. The lowest BCUT2D eigenvalue weighted by Crippen LogP contribution is -2.62. The number of aliphatic carboxylic acids is 1. The Morgan fingerprint density at radius 3 is 1.73 bits per heavy atom. The monoisotopic (exact) mass is 1810 g/mol. The van der Waals surface area contributed by atoms with E-state index in [0.717, 1.165) is 21.9 Å². The summed E-state index contributed by atoms with van der Waals surface area (Å²) in [5, 5.41) is 44.9. The standard InChI is InChI=1S/C92H132FN19O18/c1-9-11-25-72-85(123)101-65(39-52(3)4)82(120)98-36-19-23-62(96)81(119)102-67(41-54-30-32-58(93)33-31-54)89(127)110-37-18-17-28-73(110)86(124)105-69(46-78(97)115)90(128)111-38-20-29-74(111)87(125)106-70(47-95)84(122)103-66(40-53(5)6)91(129)112-50-59(113)45-76(112)77(114)44-55(42-56-48-99-63-24-15-13-21-60(56)63)80(118)100-64(34-35-94)83(121)104-68(88(126)108(8)75(26-12-10-2)92(130)107(72)7)43-57-49-109(51-79(116)117)71-27-16-14-22-61(57)71/h13-16,21-22,24,27,30-33,48-49,52-53,55,59,62,64-70,72-76,99,113H,9-12,17-20,23,25-26,28-29,34-47,50-51,94-96H2,1-8H3,(H2,97,115)(H,98,120)(H,100,118)(H,101,123)(H,102,119)(H,103,122)(H,104,121)(H,105,124)(H,106,125)(H,116,117)/t55-,59-,62+,64+,65+,66+,67+,68+,69+,70+,72+,73+,74+,75+,76+/m1/s1. The van der Waals surface area contributed by atoms with Gasteiger partial charge < -0.3 is 110 Å². The molecule has 19 N–H and O–H groups in total. The average Bonchev–Trinajstić information content (AvgIpc) is 1.64. The van der Waals surface area contributed by atoms with Gasteiger partial charge in [-0.3, -0.25) is 76.7 Å². The van der Waals surface area contributed by atoms with E-state index in [9.17, 15) is 53.0 Å². The summed E-state index contributed by atoms with van der Waals surface area (Å²) < 4.78 is 15.9. The summed E-state index contributed by atoms with van der Waals surface area (Å²) in [6.07, 6.45) is 2.52. The van der Waals surface area contributed by atoms with Crippen molar-refractivity contribution < 1.29 is 91.3 Å². The number of rotatable bonds is 23. The maximum atomic E-state index is 15.9. The number of benzene rings is 3. The van der Waals surface area contributed by atoms with Gasteiger partial charge in [0, 0.05) is 113 Å². The highest BCUT2D eigenvalue weighted by molar-refractivity contribution is 6.02. The predicted octanol–water partition coefficient (Wildman–Crippen LogP) is 1.22. The molecule has 0 aliphatic carbocycles. The number of ketones is 1. The molecule has 6 heterocycles. The Bertz CT molecular complexity index is 4850. The van der Waals surface area contributed by atoms with Crippen LogP contribution in [0.25, 0.3) is 21.8 Å². The number of H-pyrrole nitrogens is 1. The molecular weight excluding hydrogens is 1680 g/mol. The van der Waals surface area contributed by atoms with Crippen molar-refractivity contribution in [2.75, 3.05) is 53.4 Å². The van der Waals surface area contributed by atoms with Crippen LogP contribution in [0, 0.1) is 23.6 Å². The molecule has 0 unspecified atom stereocenters. The lowest BCUT2D eigenvalue weighted by Gasteiger charge is -2.38. The van der Waals surface area contributed by atoms with Crippen molar-refractivity contribution in [3.63, 3.8) is 0 Å². The highest BCUT2D eigenvalue weighted by Gasteiger charge is 2.47. The fraction of sp³-hybridized carbons (Fsp3) is 0.587. The zero-order valence-corrected chi connectivity index (χ0v) is 75.7. The van der Waals surface area contributed by atoms with E-state index in [1.807, 2.05) is 27.7 Å². The maximum absolute atomic E-state index is 15.9. The van der Waals surface area contributed by atoms with Crippen LogP contribution in [0.2, 0.25) is 0 Å². The normalized spacial score (nSPS) is 26.0. The van der Waals surface area contributed by atoms with Crippen LogP contribution in [-0.2, 0) is 103 Å². The molecule has 4 aliphatic rings. The number of nitrogens with zero attached hydrogens (tertiary/aromatic N) is 6. The first-order valence-corrected chi connectivity index (χ1v) is 45.5. The number of carbonyl (C=O) groups is 16. The van der Waals surface area contributed by atoms with Crippen LogP contribution in [0.4, 0.5) is 4.39 Å². The molecule has 3 aromatic carbocycles. The second-order valence-electron chi connectivity index (χ2n) is 35.7. The Morgan fingerprint density at radius 1 is 0.531 bits per heavy atom. The van der Waals surface area contributed by atoms with Crippen molar-refractivity contribution in [1.29, 1.82) is 0 Å². The van der Waals surface area contributed by atoms with Crippen molar-refractivity contribution in [1.82, 2.24) is 76.6 Å². The van der Waals surface area contributed by atoms with Gasteiger partial charge in [-0.1, -0.05) is 116 Å². The van der Waals surface area contributed by atoms with Gasteiger partial charge >= 0.3 is 5.97 Å². The third kappa shape index (κ3) is 27.2. The number of nitrogens with two attached hydrogens (primary N) is 4. The van der Waals surface area contributed by atoms with Crippen LogP contribution in [0.5, 0.6) is 0 Å². The number of aliphatic hydroxyl groups excluding tert-OH is 1. The quantitative estimate of drug-likeness (QED) is 0.0437. The average molecular weight is 1810 g/mol. The minimum Gasteiger partial charge on any atom is -0.480 e. The third-order valence-corrected chi connectivity index (χ3v) is 24.9. The van der Waals surface area contributed by atoms with Crippen LogP contribution in [0.1, 0.15) is 180 Å². The summed E-state index contributed by atoms with van der Waals surface area (Å²) in [7, 11) is 2.81. The smallest absolute Gasteiger partial charge is 0.323 e. The highest BCUT2D eigenvalue weighted by atomic mass is 19.1. The number of hydrogen-bond donors (Lipinski definition) is 15. The molecule has 38 heteroatoms. The van der Waals surface area contributed by atoms with Crippen molar-refractivity contribution in [3.8, 4) is 0 Å². The van der Waals surface area contributed by atoms with Gasteiger partial charge in [-0.15, -0.1) is 0 Å². The number of para-hydroxylation sites is 2. The Morgan fingerprint density at radius 2 is 1.08 bits per heavy atom. The van der Waals surface area contributed by atoms with Crippen molar-refractivity contribution in [2.24, 2.45) is 40.7 Å². The van der Waals surface area contributed by atoms with Crippen molar-refractivity contribution in [2.45, 2.75) is 274 Å². The minimum absolute atomic E-state index is 0.0196. The number of aromatic amines is 1. The number of carboxylic acid groups (broad SMARTS) is 1. The van der Waals surface area contributed by atoms with Crippen LogP contribution in [0.3, 0.4) is 0 Å². The first-order valence-electron chi connectivity index (χ1n) is 45.5. The second kappa shape index (κ2) is 48.2. The van der Waals surface area contributed by atoms with Crippen molar-refractivity contribution >= 4 is 116 Å².